The van der Waals surface area contributed by atoms with Crippen LogP contribution in [0, 0.1) is 0 Å². The number of hydrogen-bond donors (Lipinski definition) is 1. The summed E-state index contributed by atoms with van der Waals surface area (Å²) in [5, 5.41) is 10.4. The lowest BCUT2D eigenvalue weighted by atomic mass is 10.1. The molecule has 3 aromatic carbocycles. The Labute approximate surface area is 262 Å². The number of carbonyl (C=O) groups is 2. The Morgan fingerprint density at radius 1 is 0.860 bits per heavy atom. The van der Waals surface area contributed by atoms with E-state index in [1.54, 1.807) is 73.5 Å². The summed E-state index contributed by atoms with van der Waals surface area (Å²) in [6, 6.07) is 19.3. The molecule has 3 rings (SSSR count). The number of halogens is 2. The number of nitrogens with zero attached hydrogens (tertiary/aromatic N) is 1. The lowest BCUT2D eigenvalue weighted by Gasteiger charge is -2.22. The van der Waals surface area contributed by atoms with E-state index in [1.165, 1.54) is 0 Å². The van der Waals surface area contributed by atoms with Gasteiger partial charge >= 0.3 is 12.1 Å². The van der Waals surface area contributed by atoms with E-state index in [9.17, 15) is 14.7 Å². The third-order valence-electron chi connectivity index (χ3n) is 6.28. The molecule has 0 radical (unpaired) electrons. The van der Waals surface area contributed by atoms with Crippen molar-refractivity contribution < 1.29 is 38.4 Å². The maximum atomic E-state index is 13.1. The smallest absolute Gasteiger partial charge is 0.415 e. The molecule has 43 heavy (non-hydrogen) atoms. The molecule has 0 aliphatic rings. The molecule has 0 saturated heterocycles. The van der Waals surface area contributed by atoms with Crippen molar-refractivity contribution >= 4 is 35.3 Å². The van der Waals surface area contributed by atoms with Crippen LogP contribution in [0.5, 0.6) is 17.2 Å². The minimum Gasteiger partial charge on any atom is -0.497 e. The Hall–Kier alpha value is -3.50. The zero-order chi connectivity index (χ0) is 31.0. The van der Waals surface area contributed by atoms with Crippen LogP contribution in [0.4, 0.5) is 4.79 Å². The third kappa shape index (κ3) is 12.3. The SMILES string of the molecule is CCOC(Cc1ccc(OCCN(CCCCOCc2cc(Cl)cc(Cl)c2)C(=O)Oc2cccc(OC)c2)cc1)C(=O)O. The van der Waals surface area contributed by atoms with Gasteiger partial charge in [-0.25, -0.2) is 9.59 Å². The molecular formula is C32H37Cl2NO8. The van der Waals surface area contributed by atoms with Gasteiger partial charge in [-0.2, -0.15) is 0 Å². The molecule has 3 aromatic rings. The summed E-state index contributed by atoms with van der Waals surface area (Å²) in [6.45, 7) is 3.92. The molecule has 0 saturated carbocycles. The van der Waals surface area contributed by atoms with Crippen molar-refractivity contribution in [1.29, 1.82) is 0 Å². The van der Waals surface area contributed by atoms with Crippen molar-refractivity contribution in [2.45, 2.75) is 38.9 Å². The van der Waals surface area contributed by atoms with Gasteiger partial charge in [0.05, 0.1) is 20.3 Å². The molecule has 1 N–H and O–H groups in total. The maximum Gasteiger partial charge on any atom is 0.415 e. The Bertz CT molecular complexity index is 1280. The van der Waals surface area contributed by atoms with E-state index in [2.05, 4.69) is 0 Å². The van der Waals surface area contributed by atoms with Gasteiger partial charge in [-0.1, -0.05) is 41.4 Å². The predicted molar refractivity (Wildman–Crippen MR) is 165 cm³/mol. The first kappa shape index (κ1) is 34.0. The van der Waals surface area contributed by atoms with Crippen LogP contribution in [0.2, 0.25) is 10.0 Å². The van der Waals surface area contributed by atoms with Crippen molar-refractivity contribution in [3.8, 4) is 17.2 Å². The van der Waals surface area contributed by atoms with E-state index in [-0.39, 0.29) is 19.6 Å². The molecule has 0 spiro atoms. The summed E-state index contributed by atoms with van der Waals surface area (Å²) in [4.78, 5) is 26.0. The van der Waals surface area contributed by atoms with E-state index in [1.807, 2.05) is 12.1 Å². The Balaban J connectivity index is 1.51. The van der Waals surface area contributed by atoms with E-state index in [0.717, 1.165) is 17.5 Å². The fourth-order valence-corrected chi connectivity index (χ4v) is 4.71. The molecule has 9 nitrogen and oxygen atoms in total. The largest absolute Gasteiger partial charge is 0.497 e. The highest BCUT2D eigenvalue weighted by Gasteiger charge is 2.19. The van der Waals surface area contributed by atoms with Crippen molar-refractivity contribution in [2.75, 3.05) is 40.0 Å². The average molecular weight is 635 g/mol. The van der Waals surface area contributed by atoms with Crippen LogP contribution < -0.4 is 14.2 Å². The van der Waals surface area contributed by atoms with Gasteiger partial charge in [0.2, 0.25) is 0 Å². The number of methoxy groups -OCH3 is 1. The lowest BCUT2D eigenvalue weighted by molar-refractivity contribution is -0.149. The van der Waals surface area contributed by atoms with E-state index in [4.69, 9.17) is 46.9 Å². The second-order valence-electron chi connectivity index (χ2n) is 9.55. The zero-order valence-corrected chi connectivity index (χ0v) is 25.8. The van der Waals surface area contributed by atoms with Crippen LogP contribution in [0.1, 0.15) is 30.9 Å². The summed E-state index contributed by atoms with van der Waals surface area (Å²) in [5.74, 6) is 0.558. The van der Waals surface area contributed by atoms with Crippen molar-refractivity contribution in [2.24, 2.45) is 0 Å². The van der Waals surface area contributed by atoms with Crippen molar-refractivity contribution in [1.82, 2.24) is 4.90 Å². The Kier molecular flexibility index (Phi) is 14.4. The molecule has 0 heterocycles. The van der Waals surface area contributed by atoms with Gasteiger partial charge in [0.25, 0.3) is 0 Å². The van der Waals surface area contributed by atoms with Crippen LogP contribution >= 0.6 is 23.2 Å². The zero-order valence-electron chi connectivity index (χ0n) is 24.3. The van der Waals surface area contributed by atoms with Crippen LogP contribution in [-0.4, -0.2) is 68.2 Å². The van der Waals surface area contributed by atoms with Gasteiger partial charge in [-0.15, -0.1) is 0 Å². The number of amides is 1. The topological polar surface area (TPSA) is 104 Å². The molecule has 1 atom stereocenters. The van der Waals surface area contributed by atoms with Crippen LogP contribution in [0.15, 0.2) is 66.7 Å². The van der Waals surface area contributed by atoms with Crippen molar-refractivity contribution in [3.05, 3.63) is 87.9 Å². The number of carboxylic acid groups (broad SMARTS) is 1. The molecule has 0 aliphatic carbocycles. The number of carbonyl (C=O) groups excluding carboxylic acids is 1. The first-order valence-corrected chi connectivity index (χ1v) is 14.7. The maximum absolute atomic E-state index is 13.1. The molecule has 11 heteroatoms. The summed E-state index contributed by atoms with van der Waals surface area (Å²) < 4.78 is 27.8. The summed E-state index contributed by atoms with van der Waals surface area (Å²) >= 11 is 12.1. The van der Waals surface area contributed by atoms with Gasteiger partial charge in [0.1, 0.15) is 23.9 Å². The molecule has 0 fully saturated rings. The number of aliphatic carboxylic acids is 1. The number of benzene rings is 3. The number of rotatable bonds is 18. The molecule has 232 valence electrons. The highest BCUT2D eigenvalue weighted by Crippen LogP contribution is 2.21. The molecule has 0 aromatic heterocycles. The highest BCUT2D eigenvalue weighted by molar-refractivity contribution is 6.34. The second kappa shape index (κ2) is 18.2. The second-order valence-corrected chi connectivity index (χ2v) is 10.4. The van der Waals surface area contributed by atoms with Crippen LogP contribution in [-0.2, 0) is 27.3 Å². The monoisotopic (exact) mass is 633 g/mol. The van der Waals surface area contributed by atoms with E-state index < -0.39 is 18.2 Å². The molecule has 0 aliphatic heterocycles. The van der Waals surface area contributed by atoms with Gasteiger partial charge in [0, 0.05) is 42.3 Å². The fourth-order valence-electron chi connectivity index (χ4n) is 4.14. The van der Waals surface area contributed by atoms with Gasteiger partial charge < -0.3 is 33.7 Å². The van der Waals surface area contributed by atoms with Crippen molar-refractivity contribution in [3.63, 3.8) is 0 Å². The van der Waals surface area contributed by atoms with Crippen LogP contribution in [0.25, 0.3) is 0 Å². The number of unbranched alkanes of at least 4 members (excludes halogenated alkanes) is 1. The standard InChI is InChI=1S/C32H37Cl2NO8/c1-3-41-30(31(36)37)19-23-9-11-27(12-10-23)42-16-14-35(32(38)43-29-8-6-7-28(21-29)39-2)13-4-5-15-40-22-24-17-25(33)20-26(34)18-24/h6-12,17-18,20-21,30H,3-5,13-16,19,22H2,1-2H3,(H,36,37). The fraction of sp³-hybridized carbons (Fsp3) is 0.375. The summed E-state index contributed by atoms with van der Waals surface area (Å²) in [7, 11) is 1.55. The number of carboxylic acids is 1. The third-order valence-corrected chi connectivity index (χ3v) is 6.72. The average Bonchev–Trinajstić information content (AvgIpc) is 2.98. The first-order chi connectivity index (χ1) is 20.8. The number of ether oxygens (including phenoxy) is 5. The minimum atomic E-state index is -0.999. The number of hydrogen-bond acceptors (Lipinski definition) is 7. The van der Waals surface area contributed by atoms with Crippen LogP contribution in [0.3, 0.4) is 0 Å². The summed E-state index contributed by atoms with van der Waals surface area (Å²) in [6.07, 6.45) is 0.254. The van der Waals surface area contributed by atoms with Gasteiger partial charge in [-0.05, 0) is 73.4 Å². The summed E-state index contributed by atoms with van der Waals surface area (Å²) in [5.41, 5.74) is 1.71. The highest BCUT2D eigenvalue weighted by atomic mass is 35.5. The Morgan fingerprint density at radius 2 is 1.58 bits per heavy atom. The normalized spacial score (nSPS) is 11.5. The molecule has 1 amide bonds. The minimum absolute atomic E-state index is 0.231. The van der Waals surface area contributed by atoms with Gasteiger partial charge in [0.15, 0.2) is 6.10 Å². The first-order valence-electron chi connectivity index (χ1n) is 14.0. The molecular weight excluding hydrogens is 597 g/mol. The molecule has 1 unspecified atom stereocenters. The lowest BCUT2D eigenvalue weighted by Crippen LogP contribution is -2.37. The predicted octanol–water partition coefficient (Wildman–Crippen LogP) is 6.91. The molecule has 0 bridgehead atoms. The Morgan fingerprint density at radius 3 is 2.26 bits per heavy atom. The van der Waals surface area contributed by atoms with Gasteiger partial charge in [-0.3, -0.25) is 0 Å². The van der Waals surface area contributed by atoms with E-state index in [0.29, 0.717) is 60.1 Å². The van der Waals surface area contributed by atoms with E-state index >= 15 is 0 Å². The quantitative estimate of drug-likeness (QED) is 0.151.